The van der Waals surface area contributed by atoms with Gasteiger partial charge in [-0.2, -0.15) is 0 Å². The van der Waals surface area contributed by atoms with Gasteiger partial charge >= 0.3 is 0 Å². The largest absolute Gasteiger partial charge is 0.335 e. The van der Waals surface area contributed by atoms with Crippen molar-refractivity contribution in [2.45, 2.75) is 76.7 Å². The Bertz CT molecular complexity index is 603. The van der Waals surface area contributed by atoms with E-state index < -0.39 is 0 Å². The van der Waals surface area contributed by atoms with Gasteiger partial charge in [0.05, 0.1) is 5.56 Å². The highest BCUT2D eigenvalue weighted by Crippen LogP contribution is 2.37. The van der Waals surface area contributed by atoms with Gasteiger partial charge in [0.25, 0.3) is 5.91 Å². The molecule has 0 radical (unpaired) electrons. The van der Waals surface area contributed by atoms with Gasteiger partial charge in [-0.1, -0.05) is 19.8 Å². The molecule has 1 saturated carbocycles. The SMILES string of the molecule is CCCN1CCC(c2cc(C(=O)N3CCCC4CCCCC43)cs2)CC1. The van der Waals surface area contributed by atoms with Crippen molar-refractivity contribution in [3.8, 4) is 0 Å². The van der Waals surface area contributed by atoms with E-state index in [0.717, 1.165) is 18.0 Å². The number of hydrogen-bond acceptors (Lipinski definition) is 3. The van der Waals surface area contributed by atoms with Gasteiger partial charge in [-0.25, -0.2) is 0 Å². The van der Waals surface area contributed by atoms with Gasteiger partial charge in [-0.3, -0.25) is 4.79 Å². The van der Waals surface area contributed by atoms with Crippen LogP contribution in [0, 0.1) is 5.92 Å². The van der Waals surface area contributed by atoms with Crippen molar-refractivity contribution in [1.29, 1.82) is 0 Å². The lowest BCUT2D eigenvalue weighted by atomic mass is 9.78. The fourth-order valence-electron chi connectivity index (χ4n) is 5.48. The van der Waals surface area contributed by atoms with Crippen LogP contribution in [0.4, 0.5) is 0 Å². The standard InChI is InChI=1S/C22H34N2OS/c1-2-11-23-13-9-18(10-14-23)21-15-19(16-26-21)22(25)24-12-5-7-17-6-3-4-8-20(17)24/h15-18,20H,2-14H2,1H3. The van der Waals surface area contributed by atoms with Gasteiger partial charge in [0, 0.05) is 22.8 Å². The van der Waals surface area contributed by atoms with Gasteiger partial charge < -0.3 is 9.80 Å². The summed E-state index contributed by atoms with van der Waals surface area (Å²) in [5.74, 6) is 1.74. The van der Waals surface area contributed by atoms with Crippen LogP contribution in [0.2, 0.25) is 0 Å². The van der Waals surface area contributed by atoms with Crippen LogP contribution in [0.15, 0.2) is 11.4 Å². The van der Waals surface area contributed by atoms with E-state index >= 15 is 0 Å². The molecule has 2 saturated heterocycles. The Labute approximate surface area is 162 Å². The van der Waals surface area contributed by atoms with Crippen molar-refractivity contribution in [2.24, 2.45) is 5.92 Å². The van der Waals surface area contributed by atoms with Crippen molar-refractivity contribution >= 4 is 17.2 Å². The maximum absolute atomic E-state index is 13.2. The molecule has 0 aromatic carbocycles. The highest BCUT2D eigenvalue weighted by molar-refractivity contribution is 7.10. The van der Waals surface area contributed by atoms with Crippen LogP contribution in [0.5, 0.6) is 0 Å². The molecule has 144 valence electrons. The quantitative estimate of drug-likeness (QED) is 0.729. The van der Waals surface area contributed by atoms with Crippen LogP contribution in [0.1, 0.15) is 85.9 Å². The van der Waals surface area contributed by atoms with Crippen molar-refractivity contribution in [2.75, 3.05) is 26.2 Å². The maximum atomic E-state index is 13.2. The number of piperidine rings is 2. The molecule has 2 unspecified atom stereocenters. The molecule has 4 rings (SSSR count). The zero-order valence-corrected chi connectivity index (χ0v) is 17.1. The lowest BCUT2D eigenvalue weighted by Gasteiger charge is -2.44. The zero-order chi connectivity index (χ0) is 17.9. The van der Waals surface area contributed by atoms with Crippen LogP contribution in [-0.4, -0.2) is 47.9 Å². The number of likely N-dealkylation sites (tertiary alicyclic amines) is 2. The topological polar surface area (TPSA) is 23.6 Å². The van der Waals surface area contributed by atoms with Crippen molar-refractivity contribution in [1.82, 2.24) is 9.80 Å². The summed E-state index contributed by atoms with van der Waals surface area (Å²) >= 11 is 1.83. The molecule has 1 amide bonds. The summed E-state index contributed by atoms with van der Waals surface area (Å²) in [5, 5.41) is 2.14. The van der Waals surface area contributed by atoms with E-state index in [4.69, 9.17) is 0 Å². The molecular weight excluding hydrogens is 340 g/mol. The number of nitrogens with zero attached hydrogens (tertiary/aromatic N) is 2. The second-order valence-electron chi connectivity index (χ2n) is 8.61. The summed E-state index contributed by atoms with van der Waals surface area (Å²) in [6.07, 6.45) is 11.5. The lowest BCUT2D eigenvalue weighted by Crippen LogP contribution is -2.49. The minimum Gasteiger partial charge on any atom is -0.335 e. The Kier molecular flexibility index (Phi) is 6.00. The van der Waals surface area contributed by atoms with Crippen LogP contribution in [0.3, 0.4) is 0 Å². The molecule has 3 nitrogen and oxygen atoms in total. The third-order valence-corrected chi connectivity index (χ3v) is 8.00. The number of carbonyl (C=O) groups is 1. The van der Waals surface area contributed by atoms with Crippen molar-refractivity contribution in [3.63, 3.8) is 0 Å². The molecule has 3 heterocycles. The van der Waals surface area contributed by atoms with Gasteiger partial charge in [-0.05, 0) is 82.5 Å². The first kappa shape index (κ1) is 18.5. The first-order valence-corrected chi connectivity index (χ1v) is 11.8. The minimum absolute atomic E-state index is 0.313. The minimum atomic E-state index is 0.313. The van der Waals surface area contributed by atoms with Gasteiger partial charge in [0.15, 0.2) is 0 Å². The Hall–Kier alpha value is -0.870. The Balaban J connectivity index is 1.40. The first-order valence-electron chi connectivity index (χ1n) is 10.9. The molecular formula is C22H34N2OS. The third-order valence-electron chi connectivity index (χ3n) is 6.90. The second-order valence-corrected chi connectivity index (χ2v) is 9.55. The normalized spacial score (nSPS) is 28.1. The lowest BCUT2D eigenvalue weighted by molar-refractivity contribution is 0.0391. The summed E-state index contributed by atoms with van der Waals surface area (Å²) < 4.78 is 0. The summed E-state index contributed by atoms with van der Waals surface area (Å²) in [6, 6.07) is 2.75. The van der Waals surface area contributed by atoms with E-state index in [1.807, 2.05) is 11.3 Å². The highest BCUT2D eigenvalue weighted by atomic mass is 32.1. The zero-order valence-electron chi connectivity index (χ0n) is 16.3. The van der Waals surface area contributed by atoms with E-state index in [-0.39, 0.29) is 0 Å². The monoisotopic (exact) mass is 374 g/mol. The molecule has 0 N–H and O–H groups in total. The van der Waals surface area contributed by atoms with Gasteiger partial charge in [0.1, 0.15) is 0 Å². The summed E-state index contributed by atoms with van der Waals surface area (Å²) in [5.41, 5.74) is 0.965. The smallest absolute Gasteiger partial charge is 0.254 e. The number of thiophene rings is 1. The Morgan fingerprint density at radius 1 is 1.08 bits per heavy atom. The molecule has 26 heavy (non-hydrogen) atoms. The molecule has 4 heteroatoms. The van der Waals surface area contributed by atoms with E-state index in [1.165, 1.54) is 82.3 Å². The number of rotatable bonds is 4. The molecule has 2 atom stereocenters. The molecule has 1 aliphatic carbocycles. The molecule has 1 aromatic heterocycles. The number of hydrogen-bond donors (Lipinski definition) is 0. The van der Waals surface area contributed by atoms with Crippen LogP contribution < -0.4 is 0 Å². The van der Waals surface area contributed by atoms with Crippen LogP contribution in [0.25, 0.3) is 0 Å². The fourth-order valence-corrected chi connectivity index (χ4v) is 6.53. The summed E-state index contributed by atoms with van der Waals surface area (Å²) in [4.78, 5) is 19.5. The molecule has 0 bridgehead atoms. The third kappa shape index (κ3) is 3.87. The number of carbonyl (C=O) groups excluding carboxylic acids is 1. The number of amides is 1. The molecule has 3 aliphatic rings. The average molecular weight is 375 g/mol. The molecule has 2 aliphatic heterocycles. The molecule has 1 aromatic rings. The maximum Gasteiger partial charge on any atom is 0.254 e. The Morgan fingerprint density at radius 2 is 1.85 bits per heavy atom. The fraction of sp³-hybridized carbons (Fsp3) is 0.773. The van der Waals surface area contributed by atoms with Crippen LogP contribution in [-0.2, 0) is 0 Å². The Morgan fingerprint density at radius 3 is 2.65 bits per heavy atom. The predicted octanol–water partition coefficient (Wildman–Crippen LogP) is 5.13. The molecule has 0 spiro atoms. The summed E-state index contributed by atoms with van der Waals surface area (Å²) in [7, 11) is 0. The average Bonchev–Trinajstić information content (AvgIpc) is 3.18. The van der Waals surface area contributed by atoms with E-state index in [1.54, 1.807) is 0 Å². The highest BCUT2D eigenvalue weighted by Gasteiger charge is 2.36. The van der Waals surface area contributed by atoms with Gasteiger partial charge in [0.2, 0.25) is 0 Å². The second kappa shape index (κ2) is 8.43. The predicted molar refractivity (Wildman–Crippen MR) is 109 cm³/mol. The van der Waals surface area contributed by atoms with Gasteiger partial charge in [-0.15, -0.1) is 11.3 Å². The summed E-state index contributed by atoms with van der Waals surface area (Å²) in [6.45, 7) is 6.91. The first-order chi connectivity index (χ1) is 12.8. The van der Waals surface area contributed by atoms with Crippen LogP contribution >= 0.6 is 11.3 Å². The van der Waals surface area contributed by atoms with E-state index in [9.17, 15) is 4.79 Å². The molecule has 3 fully saturated rings. The van der Waals surface area contributed by atoms with E-state index in [2.05, 4.69) is 28.2 Å². The van der Waals surface area contributed by atoms with Crippen molar-refractivity contribution < 1.29 is 4.79 Å². The van der Waals surface area contributed by atoms with Crippen molar-refractivity contribution in [3.05, 3.63) is 21.9 Å². The van der Waals surface area contributed by atoms with E-state index in [0.29, 0.717) is 17.9 Å². The number of fused-ring (bicyclic) bond motifs is 1.